The highest BCUT2D eigenvalue weighted by Crippen LogP contribution is 2.40. The molecule has 0 bridgehead atoms. The van der Waals surface area contributed by atoms with Gasteiger partial charge in [-0.25, -0.2) is 17.6 Å². The van der Waals surface area contributed by atoms with E-state index in [0.717, 1.165) is 47.0 Å². The van der Waals surface area contributed by atoms with Crippen molar-refractivity contribution in [3.63, 3.8) is 0 Å². The molecule has 10 nitrogen and oxygen atoms in total. The van der Waals surface area contributed by atoms with Gasteiger partial charge >= 0.3 is 12.4 Å². The van der Waals surface area contributed by atoms with Crippen LogP contribution in [-0.4, -0.2) is 100 Å². The molecule has 1 N–H and O–H groups in total. The van der Waals surface area contributed by atoms with Crippen LogP contribution in [0.2, 0.25) is 0 Å². The number of nitrogens with zero attached hydrogens (tertiary/aromatic N) is 5. The van der Waals surface area contributed by atoms with Crippen LogP contribution in [0.15, 0.2) is 69.1 Å². The first-order valence-electron chi connectivity index (χ1n) is 22.6. The van der Waals surface area contributed by atoms with E-state index >= 15 is 0 Å². The summed E-state index contributed by atoms with van der Waals surface area (Å²) in [5.41, 5.74) is -2.11. The number of rotatable bonds is 9. The van der Waals surface area contributed by atoms with Crippen molar-refractivity contribution in [3.05, 3.63) is 114 Å². The van der Waals surface area contributed by atoms with E-state index in [0.29, 0.717) is 39.7 Å². The van der Waals surface area contributed by atoms with Crippen LogP contribution in [0.4, 0.5) is 43.9 Å². The van der Waals surface area contributed by atoms with Crippen LogP contribution in [0.1, 0.15) is 55.4 Å². The topological polar surface area (TPSA) is 99.9 Å². The van der Waals surface area contributed by atoms with E-state index < -0.39 is 64.5 Å². The zero-order valence-electron chi connectivity index (χ0n) is 38.0. The lowest BCUT2D eigenvalue weighted by molar-refractivity contribution is -0.140. The maximum absolute atomic E-state index is 13.9. The third kappa shape index (κ3) is 12.8. The minimum Gasteiger partial charge on any atom is -0.338 e. The largest absolute Gasteiger partial charge is 0.419 e. The number of alkyl halides is 9. The number of likely N-dealkylation sites (tertiary alicyclic amines) is 3. The maximum Gasteiger partial charge on any atom is 0.419 e. The van der Waals surface area contributed by atoms with Crippen LogP contribution >= 0.6 is 46.7 Å². The molecule has 4 saturated heterocycles. The van der Waals surface area contributed by atoms with Crippen molar-refractivity contribution >= 4 is 78.7 Å². The number of carbonyl (C=O) groups is 2. The number of halogens is 12. The second-order valence-electron chi connectivity index (χ2n) is 17.6. The second kappa shape index (κ2) is 23.7. The number of nitrogens with one attached hydrogen (secondary N) is 1. The molecule has 4 aliphatic rings. The van der Waals surface area contributed by atoms with Crippen molar-refractivity contribution in [3.8, 4) is 22.3 Å². The van der Waals surface area contributed by atoms with E-state index in [4.69, 9.17) is 11.6 Å². The minimum atomic E-state index is -4.90. The van der Waals surface area contributed by atoms with Gasteiger partial charge in [-0.15, -0.1) is 46.7 Å². The normalized spacial score (nSPS) is 17.7. The van der Waals surface area contributed by atoms with Gasteiger partial charge in [-0.2, -0.15) is 26.3 Å². The van der Waals surface area contributed by atoms with E-state index in [9.17, 15) is 63.1 Å². The smallest absolute Gasteiger partial charge is 0.338 e. The molecule has 4 fully saturated rings. The summed E-state index contributed by atoms with van der Waals surface area (Å²) >= 11 is 8.39. The van der Waals surface area contributed by atoms with Crippen molar-refractivity contribution in [2.24, 2.45) is 0 Å². The molecule has 0 saturated carbocycles. The molecule has 2 amide bonds. The van der Waals surface area contributed by atoms with Gasteiger partial charge in [0.2, 0.25) is 11.8 Å². The molecule has 0 spiro atoms. The fourth-order valence-corrected chi connectivity index (χ4v) is 11.0. The first kappa shape index (κ1) is 57.3. The van der Waals surface area contributed by atoms with E-state index in [-0.39, 0.29) is 117 Å². The highest BCUT2D eigenvalue weighted by molar-refractivity contribution is 7.18. The van der Waals surface area contributed by atoms with Gasteiger partial charge in [0.05, 0.1) is 40.9 Å². The Morgan fingerprint density at radius 2 is 1.08 bits per heavy atom. The molecule has 6 aromatic rings. The Morgan fingerprint density at radius 1 is 0.671 bits per heavy atom. The van der Waals surface area contributed by atoms with Gasteiger partial charge in [-0.1, -0.05) is 19.6 Å². The summed E-state index contributed by atoms with van der Waals surface area (Å²) in [5.74, 6) is -3.64. The zero-order chi connectivity index (χ0) is 50.9. The highest BCUT2D eigenvalue weighted by atomic mass is 35.5. The Morgan fingerprint density at radius 3 is 1.42 bits per heavy atom. The number of pyridine rings is 2. The Bertz CT molecular complexity index is 3080. The molecule has 396 valence electrons. The zero-order valence-corrected chi connectivity index (χ0v) is 41.2. The summed E-state index contributed by atoms with van der Waals surface area (Å²) in [6.07, 6.45) is -6.01. The predicted molar refractivity (Wildman–Crippen MR) is 266 cm³/mol. The molecule has 24 heteroatoms. The van der Waals surface area contributed by atoms with Crippen molar-refractivity contribution in [1.29, 1.82) is 0 Å². The molecule has 2 atom stereocenters. The Hall–Kier alpha value is -5.00. The van der Waals surface area contributed by atoms with Crippen molar-refractivity contribution in [1.82, 2.24) is 29.2 Å². The summed E-state index contributed by atoms with van der Waals surface area (Å²) in [6, 6.07) is 5.20. The number of hydrogen-bond acceptors (Lipinski definition) is 8. The highest BCUT2D eigenvalue weighted by Gasteiger charge is 2.36. The van der Waals surface area contributed by atoms with Crippen LogP contribution in [0.25, 0.3) is 42.4 Å². The molecule has 4 aromatic heterocycles. The van der Waals surface area contributed by atoms with Crippen LogP contribution in [0.3, 0.4) is 0 Å². The van der Waals surface area contributed by atoms with E-state index in [2.05, 4.69) is 10.2 Å². The Balaban J connectivity index is 0.000000216. The molecule has 10 rings (SSSR count). The van der Waals surface area contributed by atoms with Crippen molar-refractivity contribution in [2.75, 3.05) is 52.4 Å². The standard InChI is InChI=1S/C24H22F5N3O2S.C21H16ClF5N2O2S.C3H7N.CH4.ClH/c25-16-4-7-31(11-16)20(33)12-32-10-15(9-30-5-1-6-30)22-21(23(32)34)17(13-35-22)14-2-3-19(26)18(8-14)24(27,28)29;22-6-12-7-29(9-17(30)28-4-3-13(23)8-28)20(31)18-14(10-32-19(12)18)11-1-2-16(24)15(5-11)21(25,26)27;1-2-4-3-1;;/h2-3,8,10,13,16H,1,4-7,9,11-12H2;1-2,5,7,10,13H,3-4,6,8-9H2;4H,1-3H2;1H4;1H. The third-order valence-corrected chi connectivity index (χ3v) is 15.1. The lowest BCUT2D eigenvalue weighted by Gasteiger charge is -2.31. The Labute approximate surface area is 431 Å². The molecular weight excluding hydrogens is 1060 g/mol. The van der Waals surface area contributed by atoms with Gasteiger partial charge in [-0.3, -0.25) is 24.1 Å². The van der Waals surface area contributed by atoms with Gasteiger partial charge in [0.25, 0.3) is 11.1 Å². The van der Waals surface area contributed by atoms with E-state index in [1.54, 1.807) is 11.6 Å². The van der Waals surface area contributed by atoms with Gasteiger partial charge in [0.15, 0.2) is 0 Å². The molecule has 2 unspecified atom stereocenters. The van der Waals surface area contributed by atoms with Gasteiger partial charge in [0.1, 0.15) is 37.1 Å². The minimum absolute atomic E-state index is 0. The SMILES string of the molecule is C.C1CNC1.Cl.O=C(Cn1cc(CCl)c2scc(-c3ccc(F)c(C(F)(F)F)c3)c2c1=O)N1CCC(F)C1.O=C(Cn1cc(CN2CCC2)c2scc(-c3ccc(F)c(C(F)(F)F)c3)c2c1=O)N1CCC(F)C1. The number of amides is 2. The Kier molecular flexibility index (Phi) is 18.6. The number of benzene rings is 2. The van der Waals surface area contributed by atoms with E-state index in [1.807, 2.05) is 0 Å². The fraction of sp³-hybridized carbons (Fsp3) is 0.429. The average molecular weight is 1110 g/mol. The monoisotopic (exact) mass is 1110 g/mol. The third-order valence-electron chi connectivity index (χ3n) is 12.7. The van der Waals surface area contributed by atoms with Gasteiger partial charge in [0, 0.05) is 74.4 Å². The average Bonchev–Trinajstić information content (AvgIpc) is 4.11. The van der Waals surface area contributed by atoms with Crippen LogP contribution in [0, 0.1) is 11.6 Å². The van der Waals surface area contributed by atoms with Gasteiger partial charge < -0.3 is 24.3 Å². The fourth-order valence-electron chi connectivity index (χ4n) is 8.54. The quantitative estimate of drug-likeness (QED) is 0.114. The van der Waals surface area contributed by atoms with Crippen LogP contribution in [0.5, 0.6) is 0 Å². The van der Waals surface area contributed by atoms with Crippen LogP contribution < -0.4 is 16.4 Å². The lowest BCUT2D eigenvalue weighted by atomic mass is 10.0. The van der Waals surface area contributed by atoms with Crippen molar-refractivity contribution < 1.29 is 53.5 Å². The molecule has 8 heterocycles. The summed E-state index contributed by atoms with van der Waals surface area (Å²) in [7, 11) is 0. The molecule has 0 aliphatic carbocycles. The van der Waals surface area contributed by atoms with E-state index in [1.165, 1.54) is 68.9 Å². The first-order chi connectivity index (χ1) is 33.7. The molecule has 73 heavy (non-hydrogen) atoms. The number of aromatic nitrogens is 2. The molecule has 4 aliphatic heterocycles. The molecular formula is C49H50Cl2F10N6O4S2. The lowest BCUT2D eigenvalue weighted by Crippen LogP contribution is -2.37. The second-order valence-corrected chi connectivity index (χ2v) is 19.6. The summed E-state index contributed by atoms with van der Waals surface area (Å²) in [4.78, 5) is 56.8. The maximum atomic E-state index is 13.9. The number of fused-ring (bicyclic) bond motifs is 2. The molecule has 0 radical (unpaired) electrons. The van der Waals surface area contributed by atoms with Crippen LogP contribution in [-0.2, 0) is 47.5 Å². The van der Waals surface area contributed by atoms with Gasteiger partial charge in [-0.05, 0) is 87.3 Å². The number of carbonyl (C=O) groups excluding carboxylic acids is 2. The summed E-state index contributed by atoms with van der Waals surface area (Å²) in [5, 5.41) is 6.52. The van der Waals surface area contributed by atoms with Crippen molar-refractivity contribution in [2.45, 2.75) is 83.3 Å². The first-order valence-corrected chi connectivity index (χ1v) is 24.8. The molecule has 2 aromatic carbocycles. The summed E-state index contributed by atoms with van der Waals surface area (Å²) in [6.45, 7) is 4.62. The number of hydrogen-bond donors (Lipinski definition) is 1. The summed E-state index contributed by atoms with van der Waals surface area (Å²) < 4.78 is 138. The number of thiophene rings is 2. The predicted octanol–water partition coefficient (Wildman–Crippen LogP) is 10.9.